The summed E-state index contributed by atoms with van der Waals surface area (Å²) in [6, 6.07) is 15.5. The molecule has 1 spiro atoms. The van der Waals surface area contributed by atoms with Crippen LogP contribution in [0.2, 0.25) is 0 Å². The number of aryl methyl sites for hydroxylation is 1. The van der Waals surface area contributed by atoms with Crippen molar-refractivity contribution in [1.29, 1.82) is 0 Å². The number of nitrogens with zero attached hydrogens (tertiary/aromatic N) is 1. The van der Waals surface area contributed by atoms with Crippen LogP contribution in [0.25, 0.3) is 0 Å². The standard InChI is InChI=1S/C23H26N2O3/c1-16-14-18(28-2)8-9-19(16)22(27)25-12-10-23(11-13-25)15-20(21(26)24-23)17-6-4-3-5-7-17/h3-9,14,20H,10-13,15H2,1-2H3,(H,24,26). The van der Waals surface area contributed by atoms with Gasteiger partial charge in [-0.3, -0.25) is 9.59 Å². The van der Waals surface area contributed by atoms with Crippen molar-refractivity contribution in [3.8, 4) is 5.75 Å². The largest absolute Gasteiger partial charge is 0.497 e. The quantitative estimate of drug-likeness (QED) is 0.892. The Bertz CT molecular complexity index is 886. The molecule has 2 aromatic carbocycles. The third-order valence-corrected chi connectivity index (χ3v) is 6.17. The van der Waals surface area contributed by atoms with E-state index in [9.17, 15) is 9.59 Å². The van der Waals surface area contributed by atoms with Gasteiger partial charge in [0.05, 0.1) is 13.0 Å². The Morgan fingerprint density at radius 2 is 1.86 bits per heavy atom. The van der Waals surface area contributed by atoms with Gasteiger partial charge in [-0.2, -0.15) is 0 Å². The summed E-state index contributed by atoms with van der Waals surface area (Å²) in [5, 5.41) is 3.25. The van der Waals surface area contributed by atoms with Gasteiger partial charge in [0.15, 0.2) is 0 Å². The maximum absolute atomic E-state index is 13.0. The molecule has 2 fully saturated rings. The molecule has 5 heteroatoms. The minimum Gasteiger partial charge on any atom is -0.497 e. The highest BCUT2D eigenvalue weighted by molar-refractivity contribution is 5.96. The molecule has 2 aliphatic rings. The molecule has 0 aliphatic carbocycles. The van der Waals surface area contributed by atoms with E-state index < -0.39 is 0 Å². The van der Waals surface area contributed by atoms with Crippen LogP contribution in [-0.4, -0.2) is 42.5 Å². The third-order valence-electron chi connectivity index (χ3n) is 6.17. The lowest BCUT2D eigenvalue weighted by molar-refractivity contribution is -0.121. The fourth-order valence-electron chi connectivity index (χ4n) is 4.48. The first kappa shape index (κ1) is 18.5. The summed E-state index contributed by atoms with van der Waals surface area (Å²) in [6.45, 7) is 3.25. The number of likely N-dealkylation sites (tertiary alicyclic amines) is 1. The Morgan fingerprint density at radius 1 is 1.14 bits per heavy atom. The zero-order valence-electron chi connectivity index (χ0n) is 16.4. The monoisotopic (exact) mass is 378 g/mol. The van der Waals surface area contributed by atoms with Crippen molar-refractivity contribution in [3.05, 3.63) is 65.2 Å². The molecule has 0 aromatic heterocycles. The maximum atomic E-state index is 13.0. The number of rotatable bonds is 3. The summed E-state index contributed by atoms with van der Waals surface area (Å²) < 4.78 is 5.23. The summed E-state index contributed by atoms with van der Waals surface area (Å²) in [6.07, 6.45) is 2.39. The number of benzene rings is 2. The number of hydrogen-bond acceptors (Lipinski definition) is 3. The zero-order chi connectivity index (χ0) is 19.7. The number of amides is 2. The fourth-order valence-corrected chi connectivity index (χ4v) is 4.48. The molecule has 2 aromatic rings. The Balaban J connectivity index is 1.43. The Hall–Kier alpha value is -2.82. The summed E-state index contributed by atoms with van der Waals surface area (Å²) in [7, 11) is 1.62. The minimum absolute atomic E-state index is 0.0546. The second kappa shape index (κ2) is 7.30. The zero-order valence-corrected chi connectivity index (χ0v) is 16.4. The first-order chi connectivity index (χ1) is 13.5. The van der Waals surface area contributed by atoms with E-state index >= 15 is 0 Å². The van der Waals surface area contributed by atoms with Crippen molar-refractivity contribution >= 4 is 11.8 Å². The van der Waals surface area contributed by atoms with Gasteiger partial charge in [0, 0.05) is 24.2 Å². The van der Waals surface area contributed by atoms with E-state index in [4.69, 9.17) is 4.74 Å². The van der Waals surface area contributed by atoms with Gasteiger partial charge in [-0.1, -0.05) is 30.3 Å². The number of hydrogen-bond donors (Lipinski definition) is 1. The van der Waals surface area contributed by atoms with E-state index in [0.29, 0.717) is 13.1 Å². The SMILES string of the molecule is COc1ccc(C(=O)N2CCC3(CC2)CC(c2ccccc2)C(=O)N3)c(C)c1. The molecule has 0 radical (unpaired) electrons. The minimum atomic E-state index is -0.191. The van der Waals surface area contributed by atoms with Crippen molar-refractivity contribution in [2.75, 3.05) is 20.2 Å². The Kier molecular flexibility index (Phi) is 4.84. The molecule has 28 heavy (non-hydrogen) atoms. The summed E-state index contributed by atoms with van der Waals surface area (Å²) in [5.41, 5.74) is 2.52. The second-order valence-electron chi connectivity index (χ2n) is 7.91. The third kappa shape index (κ3) is 3.37. The van der Waals surface area contributed by atoms with Gasteiger partial charge in [-0.15, -0.1) is 0 Å². The topological polar surface area (TPSA) is 58.6 Å². The highest BCUT2D eigenvalue weighted by Crippen LogP contribution is 2.39. The van der Waals surface area contributed by atoms with E-state index in [-0.39, 0.29) is 23.3 Å². The summed E-state index contributed by atoms with van der Waals surface area (Å²) in [4.78, 5) is 27.5. The van der Waals surface area contributed by atoms with Crippen LogP contribution in [0.4, 0.5) is 0 Å². The maximum Gasteiger partial charge on any atom is 0.254 e. The van der Waals surface area contributed by atoms with Gasteiger partial charge in [-0.25, -0.2) is 0 Å². The Morgan fingerprint density at radius 3 is 2.50 bits per heavy atom. The normalized spacial score (nSPS) is 20.9. The van der Waals surface area contributed by atoms with E-state index in [2.05, 4.69) is 5.32 Å². The molecule has 2 saturated heterocycles. The summed E-state index contributed by atoms with van der Waals surface area (Å²) in [5.74, 6) is 0.829. The van der Waals surface area contributed by atoms with Crippen LogP contribution < -0.4 is 10.1 Å². The van der Waals surface area contributed by atoms with Crippen molar-refractivity contribution in [2.24, 2.45) is 0 Å². The van der Waals surface area contributed by atoms with Crippen LogP contribution >= 0.6 is 0 Å². The molecule has 1 unspecified atom stereocenters. The second-order valence-corrected chi connectivity index (χ2v) is 7.91. The summed E-state index contributed by atoms with van der Waals surface area (Å²) >= 11 is 0. The number of nitrogens with one attached hydrogen (secondary N) is 1. The van der Waals surface area contributed by atoms with Crippen LogP contribution in [0.3, 0.4) is 0 Å². The number of piperidine rings is 1. The average Bonchev–Trinajstić information content (AvgIpc) is 3.04. The molecule has 0 saturated carbocycles. The smallest absolute Gasteiger partial charge is 0.254 e. The van der Waals surface area contributed by atoms with Gasteiger partial charge >= 0.3 is 0 Å². The molecular weight excluding hydrogens is 352 g/mol. The van der Waals surface area contributed by atoms with E-state index in [1.54, 1.807) is 7.11 Å². The van der Waals surface area contributed by atoms with E-state index in [1.807, 2.05) is 60.4 Å². The van der Waals surface area contributed by atoms with Gasteiger partial charge in [0.2, 0.25) is 5.91 Å². The number of methoxy groups -OCH3 is 1. The van der Waals surface area contributed by atoms with Gasteiger partial charge in [-0.05, 0) is 55.5 Å². The lowest BCUT2D eigenvalue weighted by Crippen LogP contribution is -2.52. The number of carbonyl (C=O) groups is 2. The molecule has 1 atom stereocenters. The fraction of sp³-hybridized carbons (Fsp3) is 0.391. The molecule has 2 aliphatic heterocycles. The van der Waals surface area contributed by atoms with Gasteiger partial charge in [0.1, 0.15) is 5.75 Å². The van der Waals surface area contributed by atoms with Crippen molar-refractivity contribution in [2.45, 2.75) is 37.6 Å². The number of carbonyl (C=O) groups excluding carboxylic acids is 2. The van der Waals surface area contributed by atoms with E-state index in [1.165, 1.54) is 0 Å². The highest BCUT2D eigenvalue weighted by atomic mass is 16.5. The molecule has 5 nitrogen and oxygen atoms in total. The van der Waals surface area contributed by atoms with Crippen molar-refractivity contribution < 1.29 is 14.3 Å². The first-order valence-corrected chi connectivity index (χ1v) is 9.82. The Labute approximate surface area is 165 Å². The highest BCUT2D eigenvalue weighted by Gasteiger charge is 2.46. The molecule has 1 N–H and O–H groups in total. The molecular formula is C23H26N2O3. The van der Waals surface area contributed by atoms with Crippen LogP contribution in [0.15, 0.2) is 48.5 Å². The molecule has 146 valence electrons. The van der Waals surface area contributed by atoms with Crippen LogP contribution in [0.1, 0.15) is 46.7 Å². The van der Waals surface area contributed by atoms with Gasteiger partial charge in [0.25, 0.3) is 5.91 Å². The lowest BCUT2D eigenvalue weighted by atomic mass is 9.81. The van der Waals surface area contributed by atoms with Crippen LogP contribution in [0.5, 0.6) is 5.75 Å². The molecule has 2 heterocycles. The van der Waals surface area contributed by atoms with E-state index in [0.717, 1.165) is 41.7 Å². The van der Waals surface area contributed by atoms with Gasteiger partial charge < -0.3 is 15.0 Å². The first-order valence-electron chi connectivity index (χ1n) is 9.82. The van der Waals surface area contributed by atoms with Crippen LogP contribution in [0, 0.1) is 6.92 Å². The van der Waals surface area contributed by atoms with Crippen molar-refractivity contribution in [1.82, 2.24) is 10.2 Å². The predicted octanol–water partition coefficient (Wildman–Crippen LogP) is 3.28. The molecule has 0 bridgehead atoms. The average molecular weight is 378 g/mol. The van der Waals surface area contributed by atoms with Crippen molar-refractivity contribution in [3.63, 3.8) is 0 Å². The molecule has 2 amide bonds. The molecule has 4 rings (SSSR count). The van der Waals surface area contributed by atoms with Crippen LogP contribution in [-0.2, 0) is 4.79 Å². The predicted molar refractivity (Wildman–Crippen MR) is 108 cm³/mol. The lowest BCUT2D eigenvalue weighted by Gasteiger charge is -2.39. The number of ether oxygens (including phenoxy) is 1.